The van der Waals surface area contributed by atoms with Crippen molar-refractivity contribution in [1.29, 1.82) is 0 Å². The highest BCUT2D eigenvalue weighted by Crippen LogP contribution is 2.39. The zero-order valence-electron chi connectivity index (χ0n) is 15.6. The molecule has 0 unspecified atom stereocenters. The van der Waals surface area contributed by atoms with Gasteiger partial charge in [-0.2, -0.15) is 0 Å². The number of carboxylic acid groups (broad SMARTS) is 1. The molecule has 3 heterocycles. The van der Waals surface area contributed by atoms with Crippen molar-refractivity contribution in [2.75, 3.05) is 0 Å². The van der Waals surface area contributed by atoms with Crippen molar-refractivity contribution in [3.8, 4) is 5.00 Å². The van der Waals surface area contributed by atoms with E-state index in [-0.39, 0.29) is 6.42 Å². The zero-order chi connectivity index (χ0) is 19.3. The summed E-state index contributed by atoms with van der Waals surface area (Å²) in [7, 11) is 0. The lowest BCUT2D eigenvalue weighted by molar-refractivity contribution is -0.137. The van der Waals surface area contributed by atoms with Crippen molar-refractivity contribution >= 4 is 23.0 Å². The van der Waals surface area contributed by atoms with E-state index in [1.807, 2.05) is 30.5 Å². The fourth-order valence-electron chi connectivity index (χ4n) is 3.40. The minimum atomic E-state index is -0.905. The van der Waals surface area contributed by atoms with Gasteiger partial charge >= 0.3 is 5.97 Å². The number of fused-ring (bicyclic) bond motifs is 3. The molecule has 1 aliphatic heterocycles. The Labute approximate surface area is 161 Å². The highest BCUT2D eigenvalue weighted by Gasteiger charge is 2.32. The molecule has 0 spiro atoms. The third-order valence-corrected chi connectivity index (χ3v) is 6.12. The normalized spacial score (nSPS) is 15.7. The van der Waals surface area contributed by atoms with Crippen LogP contribution >= 0.6 is 11.3 Å². The summed E-state index contributed by atoms with van der Waals surface area (Å²) in [6, 6.07) is 7.60. The van der Waals surface area contributed by atoms with Gasteiger partial charge in [-0.1, -0.05) is 29.8 Å². The Morgan fingerprint density at radius 1 is 1.15 bits per heavy atom. The SMILES string of the molecule is Cc1ccc(C2=N[C@@H](CC(=O)O)c3nnc(C)n3-c3sc(C)c(C)c32)cc1. The topological polar surface area (TPSA) is 80.4 Å². The lowest BCUT2D eigenvalue weighted by atomic mass is 9.99. The van der Waals surface area contributed by atoms with Crippen LogP contribution in [0.5, 0.6) is 0 Å². The Bertz CT molecular complexity index is 1080. The Hall–Kier alpha value is -2.80. The maximum atomic E-state index is 11.5. The molecule has 27 heavy (non-hydrogen) atoms. The maximum Gasteiger partial charge on any atom is 0.306 e. The molecule has 1 N–H and O–H groups in total. The van der Waals surface area contributed by atoms with Crippen molar-refractivity contribution in [1.82, 2.24) is 14.8 Å². The molecule has 6 nitrogen and oxygen atoms in total. The van der Waals surface area contributed by atoms with Crippen LogP contribution in [0.1, 0.15) is 51.2 Å². The van der Waals surface area contributed by atoms with Gasteiger partial charge in [0.1, 0.15) is 16.9 Å². The molecule has 1 aliphatic rings. The predicted octanol–water partition coefficient (Wildman–Crippen LogP) is 3.93. The Morgan fingerprint density at radius 2 is 1.85 bits per heavy atom. The first-order chi connectivity index (χ1) is 12.9. The van der Waals surface area contributed by atoms with Crippen LogP contribution in [0.25, 0.3) is 5.00 Å². The van der Waals surface area contributed by atoms with E-state index in [0.29, 0.717) is 5.82 Å². The molecule has 0 saturated carbocycles. The smallest absolute Gasteiger partial charge is 0.306 e. The summed E-state index contributed by atoms with van der Waals surface area (Å²) in [5.74, 6) is 0.417. The summed E-state index contributed by atoms with van der Waals surface area (Å²) in [5, 5.41) is 18.9. The third kappa shape index (κ3) is 2.88. The van der Waals surface area contributed by atoms with E-state index in [4.69, 9.17) is 4.99 Å². The summed E-state index contributed by atoms with van der Waals surface area (Å²) < 4.78 is 1.97. The Morgan fingerprint density at radius 3 is 2.52 bits per heavy atom. The van der Waals surface area contributed by atoms with Crippen LogP contribution in [0, 0.1) is 27.7 Å². The Kier molecular flexibility index (Phi) is 4.19. The fourth-order valence-corrected chi connectivity index (χ4v) is 4.62. The lowest BCUT2D eigenvalue weighted by Gasteiger charge is -2.11. The van der Waals surface area contributed by atoms with Crippen LogP contribution in [-0.4, -0.2) is 31.6 Å². The summed E-state index contributed by atoms with van der Waals surface area (Å²) >= 11 is 1.67. The molecule has 7 heteroatoms. The van der Waals surface area contributed by atoms with Gasteiger partial charge in [0.15, 0.2) is 5.82 Å². The molecule has 3 aromatic rings. The Balaban J connectivity index is 2.04. The number of carbonyl (C=O) groups is 1. The number of carboxylic acids is 1. The number of hydrogen-bond acceptors (Lipinski definition) is 5. The van der Waals surface area contributed by atoms with E-state index in [1.54, 1.807) is 11.3 Å². The maximum absolute atomic E-state index is 11.5. The molecule has 0 saturated heterocycles. The highest BCUT2D eigenvalue weighted by atomic mass is 32.1. The molecular weight excluding hydrogens is 360 g/mol. The molecule has 0 aliphatic carbocycles. The minimum absolute atomic E-state index is 0.125. The summed E-state index contributed by atoms with van der Waals surface area (Å²) in [6.07, 6.45) is -0.125. The van der Waals surface area contributed by atoms with Crippen LogP contribution < -0.4 is 0 Å². The van der Waals surface area contributed by atoms with E-state index < -0.39 is 12.0 Å². The summed E-state index contributed by atoms with van der Waals surface area (Å²) in [4.78, 5) is 17.6. The first-order valence-electron chi connectivity index (χ1n) is 8.76. The minimum Gasteiger partial charge on any atom is -0.481 e. The number of thiophene rings is 1. The van der Waals surface area contributed by atoms with Crippen molar-refractivity contribution in [2.24, 2.45) is 4.99 Å². The average Bonchev–Trinajstić information content (AvgIpc) is 3.08. The van der Waals surface area contributed by atoms with Gasteiger partial charge in [0.05, 0.1) is 12.1 Å². The van der Waals surface area contributed by atoms with Crippen molar-refractivity contribution in [2.45, 2.75) is 40.2 Å². The van der Waals surface area contributed by atoms with E-state index in [1.165, 1.54) is 10.4 Å². The second kappa shape index (κ2) is 6.42. The number of aliphatic imine (C=N–C) groups is 1. The molecule has 0 amide bonds. The van der Waals surface area contributed by atoms with Gasteiger partial charge < -0.3 is 5.11 Å². The number of rotatable bonds is 3. The van der Waals surface area contributed by atoms with Gasteiger partial charge in [-0.05, 0) is 33.3 Å². The van der Waals surface area contributed by atoms with E-state index in [9.17, 15) is 9.90 Å². The van der Waals surface area contributed by atoms with Crippen LogP contribution in [0.3, 0.4) is 0 Å². The second-order valence-electron chi connectivity index (χ2n) is 6.86. The largest absolute Gasteiger partial charge is 0.481 e. The molecule has 0 bridgehead atoms. The molecule has 4 rings (SSSR count). The highest BCUT2D eigenvalue weighted by molar-refractivity contribution is 7.15. The molecule has 138 valence electrons. The van der Waals surface area contributed by atoms with Gasteiger partial charge in [0, 0.05) is 16.0 Å². The van der Waals surface area contributed by atoms with E-state index in [0.717, 1.165) is 33.2 Å². The second-order valence-corrected chi connectivity index (χ2v) is 8.06. The van der Waals surface area contributed by atoms with Crippen LogP contribution in [-0.2, 0) is 4.79 Å². The quantitative estimate of drug-likeness (QED) is 0.746. The summed E-state index contributed by atoms with van der Waals surface area (Å²) in [5.41, 5.74) is 5.17. The first kappa shape index (κ1) is 17.6. The third-order valence-electron chi connectivity index (χ3n) is 4.93. The molecular formula is C20H20N4O2S. The number of aromatic nitrogens is 3. The van der Waals surface area contributed by atoms with Gasteiger partial charge in [-0.15, -0.1) is 21.5 Å². The molecule has 1 atom stereocenters. The number of aryl methyl sites for hydroxylation is 3. The van der Waals surface area contributed by atoms with Gasteiger partial charge in [-0.3, -0.25) is 14.4 Å². The van der Waals surface area contributed by atoms with Crippen molar-refractivity contribution in [3.63, 3.8) is 0 Å². The van der Waals surface area contributed by atoms with Gasteiger partial charge in [-0.25, -0.2) is 0 Å². The zero-order valence-corrected chi connectivity index (χ0v) is 16.5. The van der Waals surface area contributed by atoms with E-state index >= 15 is 0 Å². The molecule has 1 aromatic carbocycles. The van der Waals surface area contributed by atoms with Gasteiger partial charge in [0.2, 0.25) is 0 Å². The number of nitrogens with zero attached hydrogens (tertiary/aromatic N) is 4. The molecule has 0 fully saturated rings. The summed E-state index contributed by atoms with van der Waals surface area (Å²) in [6.45, 7) is 8.11. The number of benzene rings is 1. The number of aliphatic carboxylic acids is 1. The average molecular weight is 380 g/mol. The van der Waals surface area contributed by atoms with Crippen LogP contribution in [0.4, 0.5) is 0 Å². The first-order valence-corrected chi connectivity index (χ1v) is 9.57. The fraction of sp³-hybridized carbons (Fsp3) is 0.300. The van der Waals surface area contributed by atoms with Gasteiger partial charge in [0.25, 0.3) is 0 Å². The van der Waals surface area contributed by atoms with Crippen LogP contribution in [0.2, 0.25) is 0 Å². The molecule has 0 radical (unpaired) electrons. The number of hydrogen-bond donors (Lipinski definition) is 1. The van der Waals surface area contributed by atoms with Crippen molar-refractivity contribution in [3.05, 3.63) is 63.0 Å². The predicted molar refractivity (Wildman–Crippen MR) is 105 cm³/mol. The monoisotopic (exact) mass is 380 g/mol. The van der Waals surface area contributed by atoms with E-state index in [2.05, 4.69) is 36.2 Å². The standard InChI is InChI=1S/C20H20N4O2S/c1-10-5-7-14(8-6-10)18-17-11(2)12(3)27-20(17)24-13(4)22-23-19(24)15(21-18)9-16(25)26/h5-8,15H,9H2,1-4H3,(H,25,26)/t15-/m0/s1. The van der Waals surface area contributed by atoms with Crippen molar-refractivity contribution < 1.29 is 9.90 Å². The molecule has 2 aromatic heterocycles. The van der Waals surface area contributed by atoms with Crippen LogP contribution in [0.15, 0.2) is 29.3 Å². The lowest BCUT2D eigenvalue weighted by Crippen LogP contribution is -2.10.